The van der Waals surface area contributed by atoms with Crippen LogP contribution in [0.2, 0.25) is 0 Å². The number of hydrogen-bond donors (Lipinski definition) is 2. The molecule has 4 heteroatoms. The molecule has 1 aromatic heterocycles. The van der Waals surface area contributed by atoms with E-state index in [1.807, 2.05) is 26.2 Å². The minimum absolute atomic E-state index is 0.149. The van der Waals surface area contributed by atoms with E-state index in [0.29, 0.717) is 12.1 Å². The SMILES string of the molecule is CCCC(C)(O)CNC(=O)c1cccn1C. The van der Waals surface area contributed by atoms with E-state index in [4.69, 9.17) is 0 Å². The maximum absolute atomic E-state index is 11.7. The number of nitrogens with one attached hydrogen (secondary N) is 1. The highest BCUT2D eigenvalue weighted by Gasteiger charge is 2.20. The third-order valence-corrected chi connectivity index (χ3v) is 2.59. The first-order chi connectivity index (χ1) is 7.46. The van der Waals surface area contributed by atoms with Crippen LogP contribution in [-0.4, -0.2) is 27.7 Å². The summed E-state index contributed by atoms with van der Waals surface area (Å²) < 4.78 is 1.75. The average molecular weight is 224 g/mol. The molecule has 0 spiro atoms. The molecule has 0 aliphatic carbocycles. The molecule has 16 heavy (non-hydrogen) atoms. The first-order valence-electron chi connectivity index (χ1n) is 5.58. The van der Waals surface area contributed by atoms with Gasteiger partial charge in [0, 0.05) is 19.8 Å². The van der Waals surface area contributed by atoms with Gasteiger partial charge in [-0.05, 0) is 25.5 Å². The first-order valence-corrected chi connectivity index (χ1v) is 5.58. The van der Waals surface area contributed by atoms with Gasteiger partial charge in [0.1, 0.15) is 5.69 Å². The molecule has 0 aliphatic rings. The van der Waals surface area contributed by atoms with Crippen LogP contribution in [-0.2, 0) is 7.05 Å². The molecule has 1 aromatic rings. The van der Waals surface area contributed by atoms with Crippen LogP contribution in [0.5, 0.6) is 0 Å². The maximum Gasteiger partial charge on any atom is 0.267 e. The molecule has 0 aromatic carbocycles. The van der Waals surface area contributed by atoms with Crippen LogP contribution in [0.25, 0.3) is 0 Å². The lowest BCUT2D eigenvalue weighted by molar-refractivity contribution is 0.0467. The Bertz CT molecular complexity index is 356. The summed E-state index contributed by atoms with van der Waals surface area (Å²) in [5, 5.41) is 12.6. The Hall–Kier alpha value is -1.29. The van der Waals surface area contributed by atoms with E-state index in [1.165, 1.54) is 0 Å². The number of aliphatic hydroxyl groups is 1. The summed E-state index contributed by atoms with van der Waals surface area (Å²) in [4.78, 5) is 11.7. The molecule has 1 rings (SSSR count). The molecule has 1 heterocycles. The third kappa shape index (κ3) is 3.38. The third-order valence-electron chi connectivity index (χ3n) is 2.59. The molecule has 90 valence electrons. The van der Waals surface area contributed by atoms with Gasteiger partial charge in [0.05, 0.1) is 5.60 Å². The molecule has 0 saturated carbocycles. The van der Waals surface area contributed by atoms with Crippen molar-refractivity contribution in [3.8, 4) is 0 Å². The van der Waals surface area contributed by atoms with Crippen LogP contribution < -0.4 is 5.32 Å². The van der Waals surface area contributed by atoms with Crippen LogP contribution >= 0.6 is 0 Å². The van der Waals surface area contributed by atoms with Crippen molar-refractivity contribution in [2.45, 2.75) is 32.3 Å². The molecular weight excluding hydrogens is 204 g/mol. The minimum Gasteiger partial charge on any atom is -0.388 e. The van der Waals surface area contributed by atoms with E-state index in [-0.39, 0.29) is 12.5 Å². The number of nitrogens with zero attached hydrogens (tertiary/aromatic N) is 1. The molecule has 0 aliphatic heterocycles. The number of amides is 1. The zero-order chi connectivity index (χ0) is 12.2. The summed E-state index contributed by atoms with van der Waals surface area (Å²) in [7, 11) is 1.82. The normalized spacial score (nSPS) is 14.5. The van der Waals surface area contributed by atoms with Gasteiger partial charge in [-0.3, -0.25) is 4.79 Å². The fourth-order valence-electron chi connectivity index (χ4n) is 1.69. The molecule has 2 N–H and O–H groups in total. The summed E-state index contributed by atoms with van der Waals surface area (Å²) in [5.41, 5.74) is -0.220. The van der Waals surface area contributed by atoms with E-state index < -0.39 is 5.60 Å². The fourth-order valence-corrected chi connectivity index (χ4v) is 1.69. The van der Waals surface area contributed by atoms with Gasteiger partial charge >= 0.3 is 0 Å². The molecule has 4 nitrogen and oxygen atoms in total. The van der Waals surface area contributed by atoms with Crippen LogP contribution in [0.4, 0.5) is 0 Å². The predicted molar refractivity (Wildman–Crippen MR) is 63.3 cm³/mol. The molecular formula is C12H20N2O2. The van der Waals surface area contributed by atoms with Crippen molar-refractivity contribution >= 4 is 5.91 Å². The molecule has 1 atom stereocenters. The van der Waals surface area contributed by atoms with Gasteiger partial charge in [-0.1, -0.05) is 13.3 Å². The molecule has 0 fully saturated rings. The molecule has 1 amide bonds. The quantitative estimate of drug-likeness (QED) is 0.792. The number of hydrogen-bond acceptors (Lipinski definition) is 2. The lowest BCUT2D eigenvalue weighted by atomic mass is 10.0. The average Bonchev–Trinajstić information content (AvgIpc) is 2.61. The molecule has 0 bridgehead atoms. The van der Waals surface area contributed by atoms with E-state index in [1.54, 1.807) is 17.6 Å². The zero-order valence-corrected chi connectivity index (χ0v) is 10.2. The molecule has 0 radical (unpaired) electrons. The van der Waals surface area contributed by atoms with Gasteiger partial charge in [-0.15, -0.1) is 0 Å². The van der Waals surface area contributed by atoms with Crippen molar-refractivity contribution in [2.75, 3.05) is 6.54 Å². The number of carbonyl (C=O) groups excluding carboxylic acids is 1. The topological polar surface area (TPSA) is 54.3 Å². The fraction of sp³-hybridized carbons (Fsp3) is 0.583. The maximum atomic E-state index is 11.7. The van der Waals surface area contributed by atoms with E-state index in [0.717, 1.165) is 6.42 Å². The number of aromatic nitrogens is 1. The summed E-state index contributed by atoms with van der Waals surface area (Å²) in [6, 6.07) is 3.57. The lowest BCUT2D eigenvalue weighted by Gasteiger charge is -2.22. The van der Waals surface area contributed by atoms with Crippen LogP contribution in [0.1, 0.15) is 37.2 Å². The standard InChI is InChI=1S/C12H20N2O2/c1-4-7-12(2,16)9-13-11(15)10-6-5-8-14(10)3/h5-6,8,16H,4,7,9H2,1-3H3,(H,13,15). The number of rotatable bonds is 5. The van der Waals surface area contributed by atoms with Crippen molar-refractivity contribution in [3.63, 3.8) is 0 Å². The summed E-state index contributed by atoms with van der Waals surface area (Å²) in [6.45, 7) is 4.03. The predicted octanol–water partition coefficient (Wildman–Crippen LogP) is 1.31. The van der Waals surface area contributed by atoms with Crippen LogP contribution in [0.15, 0.2) is 18.3 Å². The minimum atomic E-state index is -0.824. The first kappa shape index (κ1) is 12.8. The highest BCUT2D eigenvalue weighted by Crippen LogP contribution is 2.10. The highest BCUT2D eigenvalue weighted by atomic mass is 16.3. The Morgan fingerprint density at radius 3 is 2.81 bits per heavy atom. The summed E-state index contributed by atoms with van der Waals surface area (Å²) in [6.07, 6.45) is 3.40. The zero-order valence-electron chi connectivity index (χ0n) is 10.2. The number of carbonyl (C=O) groups is 1. The number of aryl methyl sites for hydroxylation is 1. The Morgan fingerprint density at radius 1 is 1.62 bits per heavy atom. The van der Waals surface area contributed by atoms with E-state index in [9.17, 15) is 9.90 Å². The smallest absolute Gasteiger partial charge is 0.267 e. The van der Waals surface area contributed by atoms with Crippen molar-refractivity contribution in [3.05, 3.63) is 24.0 Å². The van der Waals surface area contributed by atoms with Crippen molar-refractivity contribution in [2.24, 2.45) is 7.05 Å². The largest absolute Gasteiger partial charge is 0.388 e. The van der Waals surface area contributed by atoms with Gasteiger partial charge in [0.25, 0.3) is 5.91 Å². The van der Waals surface area contributed by atoms with Gasteiger partial charge < -0.3 is 15.0 Å². The summed E-state index contributed by atoms with van der Waals surface area (Å²) in [5.74, 6) is -0.149. The van der Waals surface area contributed by atoms with Crippen molar-refractivity contribution < 1.29 is 9.90 Å². The van der Waals surface area contributed by atoms with Crippen LogP contribution in [0.3, 0.4) is 0 Å². The van der Waals surface area contributed by atoms with Crippen LogP contribution in [0, 0.1) is 0 Å². The molecule has 1 unspecified atom stereocenters. The van der Waals surface area contributed by atoms with Gasteiger partial charge in [-0.2, -0.15) is 0 Å². The Morgan fingerprint density at radius 2 is 2.31 bits per heavy atom. The van der Waals surface area contributed by atoms with Gasteiger partial charge in [0.2, 0.25) is 0 Å². The Balaban J connectivity index is 2.51. The van der Waals surface area contributed by atoms with Gasteiger partial charge in [0.15, 0.2) is 0 Å². The van der Waals surface area contributed by atoms with Crippen molar-refractivity contribution in [1.82, 2.24) is 9.88 Å². The Kier molecular flexibility index (Phi) is 4.12. The second-order valence-corrected chi connectivity index (χ2v) is 4.43. The Labute approximate surface area is 96.3 Å². The van der Waals surface area contributed by atoms with E-state index in [2.05, 4.69) is 5.32 Å². The van der Waals surface area contributed by atoms with Crippen molar-refractivity contribution in [1.29, 1.82) is 0 Å². The van der Waals surface area contributed by atoms with E-state index >= 15 is 0 Å². The second-order valence-electron chi connectivity index (χ2n) is 4.43. The lowest BCUT2D eigenvalue weighted by Crippen LogP contribution is -2.40. The van der Waals surface area contributed by atoms with Gasteiger partial charge in [-0.25, -0.2) is 0 Å². The monoisotopic (exact) mass is 224 g/mol. The summed E-state index contributed by atoms with van der Waals surface area (Å²) >= 11 is 0. The second kappa shape index (κ2) is 5.16. The highest BCUT2D eigenvalue weighted by molar-refractivity contribution is 5.92. The molecule has 0 saturated heterocycles.